The highest BCUT2D eigenvalue weighted by molar-refractivity contribution is 7.73. The number of rotatable bonds is 3. The van der Waals surface area contributed by atoms with Crippen LogP contribution in [0, 0.1) is 17.8 Å². The van der Waals surface area contributed by atoms with Gasteiger partial charge in [0, 0.05) is 24.2 Å². The largest absolute Gasteiger partial charge is 0.270 e. The van der Waals surface area contributed by atoms with E-state index in [9.17, 15) is 0 Å². The number of hydrogen-bond donors (Lipinski definition) is 1. The average molecular weight is 254 g/mol. The second-order valence-corrected chi connectivity index (χ2v) is 5.40. The molecule has 0 bridgehead atoms. The lowest BCUT2D eigenvalue weighted by molar-refractivity contribution is 0.633. The third-order valence-corrected chi connectivity index (χ3v) is 3.73. The first-order valence-corrected chi connectivity index (χ1v) is 6.41. The predicted molar refractivity (Wildman–Crippen MR) is 67.5 cm³/mol. The van der Waals surface area contributed by atoms with Crippen molar-refractivity contribution in [1.82, 2.24) is 20.0 Å². The molecule has 0 atom stereocenters. The SMILES string of the molecule is CCn1nc(C)c(Cc2n[nH]c(=S)s2)c1C. The van der Waals surface area contributed by atoms with E-state index in [1.807, 2.05) is 11.6 Å². The quantitative estimate of drug-likeness (QED) is 0.856. The molecule has 4 nitrogen and oxygen atoms in total. The maximum atomic E-state index is 5.02. The minimum absolute atomic E-state index is 0.730. The zero-order valence-corrected chi connectivity index (χ0v) is 11.2. The van der Waals surface area contributed by atoms with Crippen molar-refractivity contribution in [2.75, 3.05) is 0 Å². The zero-order chi connectivity index (χ0) is 11.7. The minimum atomic E-state index is 0.730. The molecule has 1 N–H and O–H groups in total. The number of aromatic nitrogens is 4. The fourth-order valence-corrected chi connectivity index (χ4v) is 2.73. The van der Waals surface area contributed by atoms with Crippen molar-refractivity contribution < 1.29 is 0 Å². The van der Waals surface area contributed by atoms with Crippen LogP contribution in [0.2, 0.25) is 0 Å². The summed E-state index contributed by atoms with van der Waals surface area (Å²) >= 11 is 6.55. The highest BCUT2D eigenvalue weighted by Gasteiger charge is 2.12. The lowest BCUT2D eigenvalue weighted by Crippen LogP contribution is -1.99. The van der Waals surface area contributed by atoms with Crippen molar-refractivity contribution in [3.05, 3.63) is 25.9 Å². The topological polar surface area (TPSA) is 46.5 Å². The Morgan fingerprint density at radius 1 is 1.44 bits per heavy atom. The molecule has 16 heavy (non-hydrogen) atoms. The van der Waals surface area contributed by atoms with Crippen LogP contribution in [0.1, 0.15) is 28.9 Å². The summed E-state index contributed by atoms with van der Waals surface area (Å²) in [7, 11) is 0. The molecule has 6 heteroatoms. The summed E-state index contributed by atoms with van der Waals surface area (Å²) in [6.07, 6.45) is 0.815. The van der Waals surface area contributed by atoms with E-state index in [1.54, 1.807) is 0 Å². The molecular weight excluding hydrogens is 240 g/mol. The maximum absolute atomic E-state index is 5.02. The van der Waals surface area contributed by atoms with Crippen LogP contribution in [0.5, 0.6) is 0 Å². The van der Waals surface area contributed by atoms with Gasteiger partial charge in [-0.25, -0.2) is 0 Å². The van der Waals surface area contributed by atoms with Crippen molar-refractivity contribution in [2.45, 2.75) is 33.7 Å². The van der Waals surface area contributed by atoms with Crippen molar-refractivity contribution in [2.24, 2.45) is 0 Å². The molecule has 0 aliphatic carbocycles. The third kappa shape index (κ3) is 2.08. The van der Waals surface area contributed by atoms with Crippen molar-refractivity contribution in [3.63, 3.8) is 0 Å². The lowest BCUT2D eigenvalue weighted by Gasteiger charge is -2.00. The molecule has 0 spiro atoms. The van der Waals surface area contributed by atoms with E-state index >= 15 is 0 Å². The van der Waals surface area contributed by atoms with Gasteiger partial charge in [-0.3, -0.25) is 9.78 Å². The van der Waals surface area contributed by atoms with Gasteiger partial charge in [-0.15, -0.1) is 0 Å². The highest BCUT2D eigenvalue weighted by atomic mass is 32.1. The van der Waals surface area contributed by atoms with Crippen LogP contribution in [0.15, 0.2) is 0 Å². The van der Waals surface area contributed by atoms with Gasteiger partial charge in [0.2, 0.25) is 0 Å². The summed E-state index contributed by atoms with van der Waals surface area (Å²) in [5, 5.41) is 12.5. The Morgan fingerprint density at radius 3 is 2.69 bits per heavy atom. The Balaban J connectivity index is 2.34. The minimum Gasteiger partial charge on any atom is -0.270 e. The lowest BCUT2D eigenvalue weighted by atomic mass is 10.1. The van der Waals surface area contributed by atoms with Gasteiger partial charge in [-0.2, -0.15) is 10.2 Å². The number of nitrogens with zero attached hydrogens (tertiary/aromatic N) is 3. The van der Waals surface area contributed by atoms with E-state index in [0.29, 0.717) is 0 Å². The van der Waals surface area contributed by atoms with E-state index < -0.39 is 0 Å². The summed E-state index contributed by atoms with van der Waals surface area (Å²) in [6, 6.07) is 0. The van der Waals surface area contributed by atoms with Crippen molar-refractivity contribution >= 4 is 23.6 Å². The van der Waals surface area contributed by atoms with Gasteiger partial charge in [0.1, 0.15) is 5.01 Å². The Hall–Kier alpha value is -1.01. The molecule has 2 rings (SSSR count). The number of aryl methyl sites for hydroxylation is 2. The molecule has 0 aliphatic heterocycles. The smallest absolute Gasteiger partial charge is 0.176 e. The number of H-pyrrole nitrogens is 1. The summed E-state index contributed by atoms with van der Waals surface area (Å²) in [5.41, 5.74) is 3.57. The molecule has 0 aliphatic rings. The van der Waals surface area contributed by atoms with E-state index in [2.05, 4.69) is 29.1 Å². The summed E-state index contributed by atoms with van der Waals surface area (Å²) < 4.78 is 2.75. The first-order chi connectivity index (χ1) is 7.61. The van der Waals surface area contributed by atoms with Crippen molar-refractivity contribution in [3.8, 4) is 0 Å². The first kappa shape index (κ1) is 11.5. The summed E-state index contributed by atoms with van der Waals surface area (Å²) in [4.78, 5) is 0. The molecule has 0 radical (unpaired) electrons. The molecule has 2 aromatic heterocycles. The van der Waals surface area contributed by atoms with Crippen LogP contribution < -0.4 is 0 Å². The zero-order valence-electron chi connectivity index (χ0n) is 9.57. The molecular formula is C10H14N4S2. The van der Waals surface area contributed by atoms with Crippen LogP contribution in [0.4, 0.5) is 0 Å². The molecule has 0 aromatic carbocycles. The standard InChI is InChI=1S/C10H14N4S2/c1-4-14-7(3)8(6(2)13-14)5-9-11-12-10(15)16-9/h4-5H2,1-3H3,(H,12,15). The molecule has 0 saturated heterocycles. The normalized spacial score (nSPS) is 10.9. The van der Waals surface area contributed by atoms with Crippen LogP contribution in [-0.2, 0) is 13.0 Å². The summed E-state index contributed by atoms with van der Waals surface area (Å²) in [5.74, 6) is 0. The Bertz CT molecular complexity index is 549. The van der Waals surface area contributed by atoms with Gasteiger partial charge in [0.15, 0.2) is 3.95 Å². The van der Waals surface area contributed by atoms with Crippen LogP contribution >= 0.6 is 23.6 Å². The van der Waals surface area contributed by atoms with Gasteiger partial charge in [0.05, 0.1) is 5.69 Å². The molecule has 0 unspecified atom stereocenters. The molecule has 2 heterocycles. The van der Waals surface area contributed by atoms with Gasteiger partial charge in [0.25, 0.3) is 0 Å². The number of aromatic amines is 1. The van der Waals surface area contributed by atoms with E-state index in [0.717, 1.165) is 27.6 Å². The van der Waals surface area contributed by atoms with Gasteiger partial charge in [-0.05, 0) is 33.0 Å². The van der Waals surface area contributed by atoms with Gasteiger partial charge >= 0.3 is 0 Å². The predicted octanol–water partition coefficient (Wildman–Crippen LogP) is 2.62. The second kappa shape index (κ2) is 4.47. The third-order valence-electron chi connectivity index (χ3n) is 2.64. The van der Waals surface area contributed by atoms with Crippen LogP contribution in [0.25, 0.3) is 0 Å². The van der Waals surface area contributed by atoms with Crippen molar-refractivity contribution in [1.29, 1.82) is 0 Å². The molecule has 0 saturated carbocycles. The van der Waals surface area contributed by atoms with E-state index in [4.69, 9.17) is 12.2 Å². The van der Waals surface area contributed by atoms with E-state index in [1.165, 1.54) is 22.6 Å². The Kier molecular flexibility index (Phi) is 3.20. The van der Waals surface area contributed by atoms with Crippen LogP contribution in [0.3, 0.4) is 0 Å². The first-order valence-electron chi connectivity index (χ1n) is 5.19. The fraction of sp³-hybridized carbons (Fsp3) is 0.500. The number of hydrogen-bond acceptors (Lipinski definition) is 4. The molecule has 2 aromatic rings. The Labute approximate surface area is 103 Å². The van der Waals surface area contributed by atoms with Crippen LogP contribution in [-0.4, -0.2) is 20.0 Å². The average Bonchev–Trinajstić information content (AvgIpc) is 2.77. The van der Waals surface area contributed by atoms with E-state index in [-0.39, 0.29) is 0 Å². The number of nitrogens with one attached hydrogen (secondary N) is 1. The summed E-state index contributed by atoms with van der Waals surface area (Å²) in [6.45, 7) is 7.15. The highest BCUT2D eigenvalue weighted by Crippen LogP contribution is 2.18. The molecule has 86 valence electrons. The maximum Gasteiger partial charge on any atom is 0.176 e. The second-order valence-electron chi connectivity index (χ2n) is 3.65. The Morgan fingerprint density at radius 2 is 2.19 bits per heavy atom. The van der Waals surface area contributed by atoms with Gasteiger partial charge in [-0.1, -0.05) is 11.3 Å². The molecule has 0 amide bonds. The molecule has 0 fully saturated rings. The fourth-order valence-electron chi connectivity index (χ4n) is 1.79. The van der Waals surface area contributed by atoms with Gasteiger partial charge < -0.3 is 0 Å². The monoisotopic (exact) mass is 254 g/mol.